The van der Waals surface area contributed by atoms with Gasteiger partial charge < -0.3 is 9.84 Å². The first kappa shape index (κ1) is 13.0. The molecule has 0 bridgehead atoms. The van der Waals surface area contributed by atoms with Crippen molar-refractivity contribution in [2.24, 2.45) is 0 Å². The molecule has 0 radical (unpaired) electrons. The summed E-state index contributed by atoms with van der Waals surface area (Å²) in [5, 5.41) is 10.0. The Morgan fingerprint density at radius 2 is 1.60 bits per heavy atom. The fourth-order valence-corrected chi connectivity index (χ4v) is 2.37. The largest absolute Gasteiger partial charge is 0.485 e. The summed E-state index contributed by atoms with van der Waals surface area (Å²) in [5.41, 5.74) is 0.358. The van der Waals surface area contributed by atoms with Crippen LogP contribution in [0.15, 0.2) is 36.4 Å². The van der Waals surface area contributed by atoms with E-state index in [2.05, 4.69) is 0 Å². The van der Waals surface area contributed by atoms with Gasteiger partial charge in [-0.25, -0.2) is 13.2 Å². The van der Waals surface area contributed by atoms with Crippen molar-refractivity contribution in [1.29, 1.82) is 0 Å². The summed E-state index contributed by atoms with van der Waals surface area (Å²) >= 11 is 0. The van der Waals surface area contributed by atoms with Crippen molar-refractivity contribution in [1.82, 2.24) is 0 Å². The summed E-state index contributed by atoms with van der Waals surface area (Å²) in [6.07, 6.45) is -1.75. The molecule has 1 aliphatic heterocycles. The second-order valence-corrected chi connectivity index (χ2v) is 4.71. The maximum Gasteiger partial charge on any atom is 0.130 e. The van der Waals surface area contributed by atoms with E-state index >= 15 is 0 Å². The van der Waals surface area contributed by atoms with Crippen LogP contribution in [-0.4, -0.2) is 5.11 Å². The van der Waals surface area contributed by atoms with Crippen molar-refractivity contribution in [2.75, 3.05) is 0 Å². The standard InChI is InChI=1S/C15H11F3O2/c16-8-1-3-12(18)10(5-8)15-7-13(19)11-6-9(17)2-4-14(11)20-15/h1-6,13,15,19H,7H2/t13-,15?/m0/s1. The second-order valence-electron chi connectivity index (χ2n) is 4.71. The molecule has 104 valence electrons. The fourth-order valence-electron chi connectivity index (χ4n) is 2.37. The number of aliphatic hydroxyl groups is 1. The number of benzene rings is 2. The molecule has 0 saturated heterocycles. The van der Waals surface area contributed by atoms with Crippen LogP contribution in [0.2, 0.25) is 0 Å². The number of hydrogen-bond acceptors (Lipinski definition) is 2. The maximum atomic E-state index is 13.7. The molecule has 2 nitrogen and oxygen atoms in total. The number of halogens is 3. The van der Waals surface area contributed by atoms with Gasteiger partial charge in [-0.05, 0) is 36.4 Å². The van der Waals surface area contributed by atoms with Crippen LogP contribution in [0.3, 0.4) is 0 Å². The number of ether oxygens (including phenoxy) is 1. The average molecular weight is 280 g/mol. The molecule has 0 fully saturated rings. The van der Waals surface area contributed by atoms with Crippen molar-refractivity contribution in [3.05, 3.63) is 65.0 Å². The van der Waals surface area contributed by atoms with Gasteiger partial charge in [-0.3, -0.25) is 0 Å². The molecule has 0 spiro atoms. The van der Waals surface area contributed by atoms with Crippen LogP contribution in [0.5, 0.6) is 5.75 Å². The Morgan fingerprint density at radius 3 is 2.35 bits per heavy atom. The zero-order valence-electron chi connectivity index (χ0n) is 10.3. The van der Waals surface area contributed by atoms with Crippen LogP contribution in [0.25, 0.3) is 0 Å². The molecule has 5 heteroatoms. The summed E-state index contributed by atoms with van der Waals surface area (Å²) in [6, 6.07) is 6.81. The third-order valence-electron chi connectivity index (χ3n) is 3.34. The predicted molar refractivity (Wildman–Crippen MR) is 65.7 cm³/mol. The maximum absolute atomic E-state index is 13.7. The molecule has 1 heterocycles. The van der Waals surface area contributed by atoms with Gasteiger partial charge in [0.05, 0.1) is 6.10 Å². The van der Waals surface area contributed by atoms with E-state index in [1.807, 2.05) is 0 Å². The molecule has 2 atom stereocenters. The molecular weight excluding hydrogens is 269 g/mol. The van der Waals surface area contributed by atoms with Gasteiger partial charge in [0.25, 0.3) is 0 Å². The third-order valence-corrected chi connectivity index (χ3v) is 3.34. The van der Waals surface area contributed by atoms with Gasteiger partial charge in [-0.2, -0.15) is 0 Å². The Morgan fingerprint density at radius 1 is 0.950 bits per heavy atom. The van der Waals surface area contributed by atoms with E-state index in [1.54, 1.807) is 0 Å². The summed E-state index contributed by atoms with van der Waals surface area (Å²) in [6.45, 7) is 0. The minimum Gasteiger partial charge on any atom is -0.485 e. The Labute approximate surface area is 113 Å². The minimum absolute atomic E-state index is 0.0385. The first-order valence-corrected chi connectivity index (χ1v) is 6.13. The van der Waals surface area contributed by atoms with E-state index in [0.29, 0.717) is 5.56 Å². The van der Waals surface area contributed by atoms with Crippen LogP contribution in [0.1, 0.15) is 29.8 Å². The van der Waals surface area contributed by atoms with E-state index in [0.717, 1.165) is 18.2 Å². The summed E-state index contributed by atoms with van der Waals surface area (Å²) in [7, 11) is 0. The molecule has 0 amide bonds. The monoisotopic (exact) mass is 280 g/mol. The second kappa shape index (κ2) is 4.83. The van der Waals surface area contributed by atoms with E-state index in [1.165, 1.54) is 18.2 Å². The Hall–Kier alpha value is -2.01. The number of aliphatic hydroxyl groups excluding tert-OH is 1. The average Bonchev–Trinajstić information content (AvgIpc) is 2.42. The highest BCUT2D eigenvalue weighted by molar-refractivity contribution is 5.39. The highest BCUT2D eigenvalue weighted by Gasteiger charge is 2.30. The lowest BCUT2D eigenvalue weighted by atomic mass is 9.94. The van der Waals surface area contributed by atoms with E-state index < -0.39 is 29.7 Å². The zero-order valence-corrected chi connectivity index (χ0v) is 10.3. The minimum atomic E-state index is -0.984. The SMILES string of the molecule is O[C@H]1CC(c2cc(F)ccc2F)Oc2ccc(F)cc21. The number of fused-ring (bicyclic) bond motifs is 1. The molecular formula is C15H11F3O2. The predicted octanol–water partition coefficient (Wildman–Crippen LogP) is 3.66. The molecule has 2 aromatic rings. The lowest BCUT2D eigenvalue weighted by molar-refractivity contribution is 0.0634. The smallest absolute Gasteiger partial charge is 0.130 e. The number of rotatable bonds is 1. The van der Waals surface area contributed by atoms with Crippen LogP contribution in [-0.2, 0) is 0 Å². The molecule has 0 aliphatic carbocycles. The molecule has 20 heavy (non-hydrogen) atoms. The lowest BCUT2D eigenvalue weighted by Gasteiger charge is -2.30. The van der Waals surface area contributed by atoms with Crippen LogP contribution in [0.4, 0.5) is 13.2 Å². The Kier molecular flexibility index (Phi) is 3.14. The fraction of sp³-hybridized carbons (Fsp3) is 0.200. The molecule has 3 rings (SSSR count). The Balaban J connectivity index is 1.99. The van der Waals surface area contributed by atoms with E-state index in [-0.39, 0.29) is 17.7 Å². The highest BCUT2D eigenvalue weighted by atomic mass is 19.1. The molecule has 0 saturated carbocycles. The first-order chi connectivity index (χ1) is 9.54. The molecule has 1 aliphatic rings. The van der Waals surface area contributed by atoms with Crippen molar-refractivity contribution in [2.45, 2.75) is 18.6 Å². The molecule has 0 aromatic heterocycles. The summed E-state index contributed by atoms with van der Waals surface area (Å²) in [4.78, 5) is 0. The van der Waals surface area contributed by atoms with E-state index in [9.17, 15) is 18.3 Å². The van der Waals surface area contributed by atoms with Crippen molar-refractivity contribution >= 4 is 0 Å². The van der Waals surface area contributed by atoms with Crippen molar-refractivity contribution < 1.29 is 23.0 Å². The zero-order chi connectivity index (χ0) is 14.3. The van der Waals surface area contributed by atoms with E-state index in [4.69, 9.17) is 4.74 Å². The Bertz CT molecular complexity index is 658. The van der Waals surface area contributed by atoms with Gasteiger partial charge in [0.1, 0.15) is 29.3 Å². The van der Waals surface area contributed by atoms with Crippen molar-refractivity contribution in [3.8, 4) is 5.75 Å². The summed E-state index contributed by atoms with van der Waals surface area (Å²) < 4.78 is 45.6. The normalized spacial score (nSPS) is 21.2. The quantitative estimate of drug-likeness (QED) is 0.863. The molecule has 2 aromatic carbocycles. The van der Waals surface area contributed by atoms with Gasteiger partial charge in [0, 0.05) is 17.5 Å². The third kappa shape index (κ3) is 2.25. The van der Waals surface area contributed by atoms with Gasteiger partial charge in [-0.1, -0.05) is 0 Å². The molecule has 1 N–H and O–H groups in total. The highest BCUT2D eigenvalue weighted by Crippen LogP contribution is 2.41. The molecule has 1 unspecified atom stereocenters. The topological polar surface area (TPSA) is 29.5 Å². The van der Waals surface area contributed by atoms with Gasteiger partial charge in [0.15, 0.2) is 0 Å². The first-order valence-electron chi connectivity index (χ1n) is 6.13. The van der Waals surface area contributed by atoms with Gasteiger partial charge in [0.2, 0.25) is 0 Å². The van der Waals surface area contributed by atoms with Crippen LogP contribution < -0.4 is 4.74 Å². The number of hydrogen-bond donors (Lipinski definition) is 1. The van der Waals surface area contributed by atoms with Gasteiger partial charge in [-0.15, -0.1) is 0 Å². The van der Waals surface area contributed by atoms with Gasteiger partial charge >= 0.3 is 0 Å². The lowest BCUT2D eigenvalue weighted by Crippen LogP contribution is -2.20. The van der Waals surface area contributed by atoms with Crippen LogP contribution >= 0.6 is 0 Å². The van der Waals surface area contributed by atoms with Crippen LogP contribution in [0, 0.1) is 17.5 Å². The summed E-state index contributed by atoms with van der Waals surface area (Å²) in [5.74, 6) is -1.39. The van der Waals surface area contributed by atoms with Crippen molar-refractivity contribution in [3.63, 3.8) is 0 Å².